The summed E-state index contributed by atoms with van der Waals surface area (Å²) in [4.78, 5) is 24.2. The van der Waals surface area contributed by atoms with Crippen LogP contribution >= 0.6 is 11.8 Å². The first-order chi connectivity index (χ1) is 14.7. The van der Waals surface area contributed by atoms with E-state index < -0.39 is 0 Å². The van der Waals surface area contributed by atoms with Gasteiger partial charge in [0.05, 0.1) is 11.4 Å². The first-order valence-corrected chi connectivity index (χ1v) is 10.9. The van der Waals surface area contributed by atoms with Crippen molar-refractivity contribution >= 4 is 29.1 Å². The third-order valence-corrected chi connectivity index (χ3v) is 6.13. The van der Waals surface area contributed by atoms with Crippen LogP contribution in [0.1, 0.15) is 36.7 Å². The molecule has 1 aliphatic rings. The van der Waals surface area contributed by atoms with Crippen molar-refractivity contribution in [2.45, 2.75) is 31.3 Å². The molecule has 0 unspecified atom stereocenters. The second-order valence-corrected chi connectivity index (χ2v) is 9.39. The van der Waals surface area contributed by atoms with Gasteiger partial charge in [-0.1, -0.05) is 56.8 Å². The molecule has 4 rings (SSSR count). The van der Waals surface area contributed by atoms with Crippen LogP contribution in [0.2, 0.25) is 0 Å². The molecule has 31 heavy (non-hydrogen) atoms. The molecule has 0 saturated carbocycles. The number of nitrogens with zero attached hydrogens (tertiary/aromatic N) is 3. The number of hydrogen-bond donors (Lipinski definition) is 1. The van der Waals surface area contributed by atoms with Gasteiger partial charge in [0.15, 0.2) is 23.4 Å². The summed E-state index contributed by atoms with van der Waals surface area (Å²) < 4.78 is 7.23. The van der Waals surface area contributed by atoms with Crippen LogP contribution in [0.5, 0.6) is 5.75 Å². The summed E-state index contributed by atoms with van der Waals surface area (Å²) in [7, 11) is 1.89. The quantitative estimate of drug-likeness (QED) is 0.479. The number of nitrogens with one attached hydrogen (secondary N) is 1. The number of carbonyl (C=O) groups is 2. The van der Waals surface area contributed by atoms with Crippen LogP contribution in [0, 0.1) is 0 Å². The van der Waals surface area contributed by atoms with Crippen molar-refractivity contribution in [3.8, 4) is 17.1 Å². The Kier molecular flexibility index (Phi) is 5.58. The standard InChI is InChI=1S/C23H24N4O3S/c1-23(2,3)16-8-5-14(6-9-16)21-25-26-22(27(21)4)31-13-18(28)15-7-10-19-17(11-15)24-20(29)12-30-19/h5-11H,12-13H2,1-4H3,(H,24,29). The zero-order valence-electron chi connectivity index (χ0n) is 17.9. The van der Waals surface area contributed by atoms with Crippen LogP contribution in [-0.2, 0) is 17.3 Å². The van der Waals surface area contributed by atoms with Gasteiger partial charge in [0.1, 0.15) is 5.75 Å². The largest absolute Gasteiger partial charge is 0.482 e. The van der Waals surface area contributed by atoms with Gasteiger partial charge in [0, 0.05) is 18.2 Å². The van der Waals surface area contributed by atoms with Gasteiger partial charge >= 0.3 is 0 Å². The van der Waals surface area contributed by atoms with Crippen LogP contribution in [-0.4, -0.2) is 38.8 Å². The van der Waals surface area contributed by atoms with Crippen molar-refractivity contribution in [2.75, 3.05) is 17.7 Å². The minimum atomic E-state index is -0.228. The number of fused-ring (bicyclic) bond motifs is 1. The summed E-state index contributed by atoms with van der Waals surface area (Å²) >= 11 is 1.33. The maximum atomic E-state index is 12.7. The molecule has 7 nitrogen and oxygen atoms in total. The maximum Gasteiger partial charge on any atom is 0.262 e. The number of benzene rings is 2. The molecule has 3 aromatic rings. The lowest BCUT2D eigenvalue weighted by atomic mass is 9.87. The van der Waals surface area contributed by atoms with E-state index in [-0.39, 0.29) is 29.5 Å². The molecular formula is C23H24N4O3S. The molecule has 0 fully saturated rings. The lowest BCUT2D eigenvalue weighted by Crippen LogP contribution is -2.25. The Morgan fingerprint density at radius 2 is 1.90 bits per heavy atom. The number of thioether (sulfide) groups is 1. The number of ketones is 1. The van der Waals surface area contributed by atoms with Gasteiger partial charge in [-0.15, -0.1) is 10.2 Å². The predicted molar refractivity (Wildman–Crippen MR) is 121 cm³/mol. The summed E-state index contributed by atoms with van der Waals surface area (Å²) in [5.74, 6) is 1.24. The maximum absolute atomic E-state index is 12.7. The van der Waals surface area contributed by atoms with Crippen molar-refractivity contribution in [2.24, 2.45) is 7.05 Å². The Morgan fingerprint density at radius 1 is 1.16 bits per heavy atom. The van der Waals surface area contributed by atoms with Crippen LogP contribution in [0.15, 0.2) is 47.6 Å². The van der Waals surface area contributed by atoms with Crippen LogP contribution < -0.4 is 10.1 Å². The molecule has 8 heteroatoms. The van der Waals surface area contributed by atoms with Crippen molar-refractivity contribution in [1.29, 1.82) is 0 Å². The Balaban J connectivity index is 1.45. The van der Waals surface area contributed by atoms with Crippen molar-refractivity contribution in [3.05, 3.63) is 53.6 Å². The molecular weight excluding hydrogens is 412 g/mol. The zero-order chi connectivity index (χ0) is 22.2. The van der Waals surface area contributed by atoms with Crippen molar-refractivity contribution in [3.63, 3.8) is 0 Å². The molecule has 0 aliphatic carbocycles. The number of rotatable bonds is 5. The number of aromatic nitrogens is 3. The minimum Gasteiger partial charge on any atom is -0.482 e. The number of ether oxygens (including phenoxy) is 1. The molecule has 1 N–H and O–H groups in total. The molecule has 0 spiro atoms. The number of carbonyl (C=O) groups excluding carboxylic acids is 2. The predicted octanol–water partition coefficient (Wildman–Crippen LogP) is 4.09. The van der Waals surface area contributed by atoms with Crippen LogP contribution in [0.25, 0.3) is 11.4 Å². The fourth-order valence-electron chi connectivity index (χ4n) is 3.28. The molecule has 160 valence electrons. The van der Waals surface area contributed by atoms with E-state index in [1.165, 1.54) is 17.3 Å². The monoisotopic (exact) mass is 436 g/mol. The van der Waals surface area contributed by atoms with Gasteiger partial charge in [-0.2, -0.15) is 0 Å². The second kappa shape index (κ2) is 8.19. The van der Waals surface area contributed by atoms with E-state index in [9.17, 15) is 9.59 Å². The number of anilines is 1. The Hall–Kier alpha value is -3.13. The summed E-state index contributed by atoms with van der Waals surface area (Å²) in [6, 6.07) is 13.4. The molecule has 2 heterocycles. The van der Waals surface area contributed by atoms with Gasteiger partial charge < -0.3 is 14.6 Å². The lowest BCUT2D eigenvalue weighted by Gasteiger charge is -2.19. The fraction of sp³-hybridized carbons (Fsp3) is 0.304. The molecule has 2 aromatic carbocycles. The molecule has 0 saturated heterocycles. The Bertz CT molecular complexity index is 1150. The highest BCUT2D eigenvalue weighted by Gasteiger charge is 2.19. The van der Waals surface area contributed by atoms with E-state index in [1.807, 2.05) is 23.7 Å². The summed E-state index contributed by atoms with van der Waals surface area (Å²) in [5, 5.41) is 12.0. The smallest absolute Gasteiger partial charge is 0.262 e. The minimum absolute atomic E-state index is 0.0103. The van der Waals surface area contributed by atoms with Crippen LogP contribution in [0.4, 0.5) is 5.69 Å². The van der Waals surface area contributed by atoms with E-state index in [0.717, 1.165) is 11.4 Å². The second-order valence-electron chi connectivity index (χ2n) is 8.45. The fourth-order valence-corrected chi connectivity index (χ4v) is 4.09. The summed E-state index contributed by atoms with van der Waals surface area (Å²) in [5.41, 5.74) is 3.35. The molecule has 0 radical (unpaired) electrons. The number of Topliss-reactive ketones (excluding diaryl/α,β-unsaturated/α-hetero) is 1. The normalized spacial score (nSPS) is 13.4. The van der Waals surface area contributed by atoms with Gasteiger partial charge in [-0.05, 0) is 29.2 Å². The first kappa shape index (κ1) is 21.1. The summed E-state index contributed by atoms with van der Waals surface area (Å²) in [6.45, 7) is 6.53. The van der Waals surface area contributed by atoms with Gasteiger partial charge in [0.25, 0.3) is 5.91 Å². The average molecular weight is 437 g/mol. The van der Waals surface area contributed by atoms with E-state index >= 15 is 0 Å². The van der Waals surface area contributed by atoms with Gasteiger partial charge in [-0.3, -0.25) is 9.59 Å². The van der Waals surface area contributed by atoms with Gasteiger partial charge in [-0.25, -0.2) is 0 Å². The molecule has 0 bridgehead atoms. The highest BCUT2D eigenvalue weighted by atomic mass is 32.2. The zero-order valence-corrected chi connectivity index (χ0v) is 18.7. The Labute approximate surface area is 185 Å². The number of hydrogen-bond acceptors (Lipinski definition) is 6. The van der Waals surface area contributed by atoms with E-state index in [2.05, 4.69) is 48.4 Å². The topological polar surface area (TPSA) is 86.1 Å². The Morgan fingerprint density at radius 3 is 2.61 bits per heavy atom. The lowest BCUT2D eigenvalue weighted by molar-refractivity contribution is -0.118. The van der Waals surface area contributed by atoms with E-state index in [0.29, 0.717) is 22.2 Å². The van der Waals surface area contributed by atoms with E-state index in [1.54, 1.807) is 18.2 Å². The van der Waals surface area contributed by atoms with E-state index in [4.69, 9.17) is 4.74 Å². The molecule has 1 amide bonds. The third-order valence-electron chi connectivity index (χ3n) is 5.11. The third kappa shape index (κ3) is 4.49. The molecule has 0 atom stereocenters. The highest BCUT2D eigenvalue weighted by molar-refractivity contribution is 7.99. The van der Waals surface area contributed by atoms with Gasteiger partial charge in [0.2, 0.25) is 0 Å². The summed E-state index contributed by atoms with van der Waals surface area (Å²) in [6.07, 6.45) is 0. The molecule has 1 aliphatic heterocycles. The van der Waals surface area contributed by atoms with Crippen molar-refractivity contribution < 1.29 is 14.3 Å². The number of amides is 1. The van der Waals surface area contributed by atoms with Crippen LogP contribution in [0.3, 0.4) is 0 Å². The molecule has 1 aromatic heterocycles. The van der Waals surface area contributed by atoms with Crippen molar-refractivity contribution in [1.82, 2.24) is 14.8 Å². The highest BCUT2D eigenvalue weighted by Crippen LogP contribution is 2.30. The first-order valence-electron chi connectivity index (χ1n) is 9.95. The SMILES string of the molecule is Cn1c(SCC(=O)c2ccc3c(c2)NC(=O)CO3)nnc1-c1ccc(C(C)(C)C)cc1. The average Bonchev–Trinajstić information content (AvgIpc) is 3.11.